The molecule has 0 radical (unpaired) electrons. The van der Waals surface area contributed by atoms with Crippen molar-refractivity contribution in [1.82, 2.24) is 4.90 Å². The minimum atomic E-state index is -0.498. The molecule has 6 heteroatoms. The molecule has 0 aromatic heterocycles. The van der Waals surface area contributed by atoms with Gasteiger partial charge in [0.05, 0.1) is 16.7 Å². The van der Waals surface area contributed by atoms with Crippen molar-refractivity contribution in [3.05, 3.63) is 33.8 Å². The van der Waals surface area contributed by atoms with Crippen LogP contribution < -0.4 is 0 Å². The molecule has 1 N–H and O–H groups in total. The van der Waals surface area contributed by atoms with E-state index in [1.165, 1.54) is 0 Å². The number of likely N-dealkylation sites (tertiary alicyclic amines) is 1. The zero-order chi connectivity index (χ0) is 17.0. The Labute approximate surface area is 146 Å². The second-order valence-corrected chi connectivity index (χ2v) is 8.24. The van der Waals surface area contributed by atoms with Gasteiger partial charge in [-0.3, -0.25) is 0 Å². The molecule has 3 atom stereocenters. The molecule has 1 aliphatic heterocycles. The van der Waals surface area contributed by atoms with Crippen LogP contribution in [0.1, 0.15) is 26.3 Å². The van der Waals surface area contributed by atoms with Gasteiger partial charge < -0.3 is 14.7 Å². The van der Waals surface area contributed by atoms with Gasteiger partial charge in [-0.25, -0.2) is 4.79 Å². The summed E-state index contributed by atoms with van der Waals surface area (Å²) in [5, 5.41) is 11.0. The second-order valence-electron chi connectivity index (χ2n) is 7.43. The van der Waals surface area contributed by atoms with Crippen LogP contribution in [0.4, 0.5) is 4.79 Å². The lowest BCUT2D eigenvalue weighted by atomic mass is 9.91. The number of aliphatic hydroxyl groups is 1. The summed E-state index contributed by atoms with van der Waals surface area (Å²) in [6.45, 7) is 6.81. The molecular weight excluding hydrogens is 337 g/mol. The van der Waals surface area contributed by atoms with Gasteiger partial charge in [0.1, 0.15) is 5.60 Å². The van der Waals surface area contributed by atoms with Crippen LogP contribution in [0.5, 0.6) is 0 Å². The molecule has 1 aromatic carbocycles. The number of fused-ring (bicyclic) bond motifs is 1. The van der Waals surface area contributed by atoms with Gasteiger partial charge in [-0.2, -0.15) is 0 Å². The average molecular weight is 358 g/mol. The number of ether oxygens (including phenoxy) is 1. The average Bonchev–Trinajstić information content (AvgIpc) is 2.84. The number of aliphatic hydroxyl groups excluding tert-OH is 1. The fourth-order valence-electron chi connectivity index (χ4n) is 3.75. The molecule has 1 saturated heterocycles. The van der Waals surface area contributed by atoms with Gasteiger partial charge in [0.15, 0.2) is 0 Å². The highest BCUT2D eigenvalue weighted by molar-refractivity contribution is 6.42. The number of benzene rings is 1. The maximum Gasteiger partial charge on any atom is 0.410 e. The largest absolute Gasteiger partial charge is 0.444 e. The van der Waals surface area contributed by atoms with Gasteiger partial charge in [-0.15, -0.1) is 0 Å². The summed E-state index contributed by atoms with van der Waals surface area (Å²) in [7, 11) is 0. The second kappa shape index (κ2) is 5.54. The van der Waals surface area contributed by atoms with E-state index in [0.29, 0.717) is 23.1 Å². The molecule has 2 fully saturated rings. The maximum absolute atomic E-state index is 12.2. The number of piperidine rings is 1. The Morgan fingerprint density at radius 3 is 2.39 bits per heavy atom. The van der Waals surface area contributed by atoms with Crippen molar-refractivity contribution < 1.29 is 14.6 Å². The summed E-state index contributed by atoms with van der Waals surface area (Å²) in [5.41, 5.74) is 0.183. The van der Waals surface area contributed by atoms with Crippen LogP contribution in [-0.2, 0) is 10.2 Å². The van der Waals surface area contributed by atoms with Crippen LogP contribution in [0.25, 0.3) is 0 Å². The molecule has 126 valence electrons. The molecule has 1 heterocycles. The van der Waals surface area contributed by atoms with Crippen molar-refractivity contribution in [3.8, 4) is 0 Å². The highest BCUT2D eigenvalue weighted by Crippen LogP contribution is 2.63. The summed E-state index contributed by atoms with van der Waals surface area (Å²) in [4.78, 5) is 13.9. The lowest BCUT2D eigenvalue weighted by Gasteiger charge is -2.28. The Bertz CT molecular complexity index is 629. The van der Waals surface area contributed by atoms with E-state index in [4.69, 9.17) is 27.9 Å². The number of carbonyl (C=O) groups is 1. The van der Waals surface area contributed by atoms with Gasteiger partial charge in [-0.1, -0.05) is 29.3 Å². The number of amides is 1. The number of halogens is 2. The number of rotatable bonds is 2. The first kappa shape index (κ1) is 16.9. The molecular formula is C17H21Cl2NO3. The molecule has 0 spiro atoms. The Kier molecular flexibility index (Phi) is 4.06. The van der Waals surface area contributed by atoms with E-state index in [0.717, 1.165) is 5.56 Å². The zero-order valence-electron chi connectivity index (χ0n) is 13.5. The van der Waals surface area contributed by atoms with Crippen LogP contribution in [-0.4, -0.2) is 41.4 Å². The Hall–Kier alpha value is -0.970. The Morgan fingerprint density at radius 2 is 1.91 bits per heavy atom. The SMILES string of the molecule is CC(C)(C)OC(=O)N1C[C@@H]2[C@H](C1)[C@@]2(CO)c1ccc(Cl)c(Cl)c1. The Morgan fingerprint density at radius 1 is 1.30 bits per heavy atom. The maximum atomic E-state index is 12.2. The van der Waals surface area contributed by atoms with Crippen LogP contribution in [0.2, 0.25) is 10.0 Å². The Balaban J connectivity index is 1.74. The predicted octanol–water partition coefficient (Wildman–Crippen LogP) is 3.72. The van der Waals surface area contributed by atoms with E-state index >= 15 is 0 Å². The van der Waals surface area contributed by atoms with Crippen molar-refractivity contribution in [2.45, 2.75) is 31.8 Å². The minimum absolute atomic E-state index is 0.0441. The minimum Gasteiger partial charge on any atom is -0.444 e. The third-order valence-electron chi connectivity index (χ3n) is 4.90. The first-order valence-electron chi connectivity index (χ1n) is 7.73. The van der Waals surface area contributed by atoms with E-state index in [1.807, 2.05) is 32.9 Å². The van der Waals surface area contributed by atoms with E-state index in [1.54, 1.807) is 11.0 Å². The molecule has 23 heavy (non-hydrogen) atoms. The molecule has 3 rings (SSSR count). The van der Waals surface area contributed by atoms with Gasteiger partial charge in [-0.05, 0) is 50.3 Å². The monoisotopic (exact) mass is 357 g/mol. The molecule has 1 saturated carbocycles. The van der Waals surface area contributed by atoms with Crippen LogP contribution in [0.15, 0.2) is 18.2 Å². The standard InChI is InChI=1S/C17H21Cl2NO3/c1-16(2,3)23-15(22)20-7-11-12(8-20)17(11,9-21)10-4-5-13(18)14(19)6-10/h4-6,11-12,21H,7-9H2,1-3H3/t11-,12+,17+. The van der Waals surface area contributed by atoms with Gasteiger partial charge in [0.2, 0.25) is 0 Å². The molecule has 1 aromatic rings. The van der Waals surface area contributed by atoms with E-state index in [-0.39, 0.29) is 30.0 Å². The number of hydrogen-bond donors (Lipinski definition) is 1. The normalized spacial score (nSPS) is 29.4. The third kappa shape index (κ3) is 2.81. The third-order valence-corrected chi connectivity index (χ3v) is 5.64. The van der Waals surface area contributed by atoms with Crippen molar-refractivity contribution in [3.63, 3.8) is 0 Å². The van der Waals surface area contributed by atoms with E-state index in [2.05, 4.69) is 0 Å². The number of hydrogen-bond acceptors (Lipinski definition) is 3. The van der Waals surface area contributed by atoms with Crippen molar-refractivity contribution in [1.29, 1.82) is 0 Å². The fraction of sp³-hybridized carbons (Fsp3) is 0.588. The summed E-state index contributed by atoms with van der Waals surface area (Å²) >= 11 is 12.1. The first-order chi connectivity index (χ1) is 10.7. The van der Waals surface area contributed by atoms with Gasteiger partial charge >= 0.3 is 6.09 Å². The topological polar surface area (TPSA) is 49.8 Å². The molecule has 1 aliphatic carbocycles. The highest BCUT2D eigenvalue weighted by atomic mass is 35.5. The van der Waals surface area contributed by atoms with E-state index < -0.39 is 5.60 Å². The lowest BCUT2D eigenvalue weighted by Crippen LogP contribution is -2.39. The first-order valence-corrected chi connectivity index (χ1v) is 8.49. The number of carbonyl (C=O) groups excluding carboxylic acids is 1. The quantitative estimate of drug-likeness (QED) is 0.877. The van der Waals surface area contributed by atoms with Gasteiger partial charge in [0.25, 0.3) is 0 Å². The fourth-order valence-corrected chi connectivity index (χ4v) is 4.05. The predicted molar refractivity (Wildman–Crippen MR) is 90.0 cm³/mol. The summed E-state index contributed by atoms with van der Waals surface area (Å²) in [6.07, 6.45) is -0.286. The van der Waals surface area contributed by atoms with Crippen LogP contribution in [0.3, 0.4) is 0 Å². The van der Waals surface area contributed by atoms with Crippen molar-refractivity contribution in [2.24, 2.45) is 11.8 Å². The molecule has 0 bridgehead atoms. The van der Waals surface area contributed by atoms with Crippen LogP contribution in [0, 0.1) is 11.8 Å². The highest BCUT2D eigenvalue weighted by Gasteiger charge is 2.69. The summed E-state index contributed by atoms with van der Waals surface area (Å²) < 4.78 is 5.42. The molecule has 1 amide bonds. The summed E-state index contributed by atoms with van der Waals surface area (Å²) in [5.74, 6) is 0.467. The van der Waals surface area contributed by atoms with Gasteiger partial charge in [0, 0.05) is 18.5 Å². The zero-order valence-corrected chi connectivity index (χ0v) is 15.0. The summed E-state index contributed by atoms with van der Waals surface area (Å²) in [6, 6.07) is 5.51. The lowest BCUT2D eigenvalue weighted by molar-refractivity contribution is 0.0252. The molecule has 0 unspecified atom stereocenters. The smallest absolute Gasteiger partial charge is 0.410 e. The molecule has 2 aliphatic rings. The molecule has 4 nitrogen and oxygen atoms in total. The van der Waals surface area contributed by atoms with Crippen molar-refractivity contribution >= 4 is 29.3 Å². The van der Waals surface area contributed by atoms with Crippen LogP contribution >= 0.6 is 23.2 Å². The van der Waals surface area contributed by atoms with E-state index in [9.17, 15) is 9.90 Å². The van der Waals surface area contributed by atoms with Crippen molar-refractivity contribution in [2.75, 3.05) is 19.7 Å². The number of nitrogens with zero attached hydrogens (tertiary/aromatic N) is 1.